The maximum absolute atomic E-state index is 2.73. The fourth-order valence-corrected chi connectivity index (χ4v) is 10.3. The van der Waals surface area contributed by atoms with Gasteiger partial charge in [-0.05, 0) is 35.3 Å². The zero-order valence-corrected chi connectivity index (χ0v) is 14.6. The van der Waals surface area contributed by atoms with Crippen molar-refractivity contribution in [3.63, 3.8) is 0 Å². The van der Waals surface area contributed by atoms with E-state index in [1.807, 2.05) is 0 Å². The summed E-state index contributed by atoms with van der Waals surface area (Å²) < 4.78 is 0. The van der Waals surface area contributed by atoms with E-state index in [2.05, 4.69) is 44.3 Å². The Morgan fingerprint density at radius 1 is 1.00 bits per heavy atom. The molecule has 0 radical (unpaired) electrons. The van der Waals surface area contributed by atoms with Gasteiger partial charge in [0.1, 0.15) is 0 Å². The van der Waals surface area contributed by atoms with Crippen molar-refractivity contribution in [3.8, 4) is 0 Å². The summed E-state index contributed by atoms with van der Waals surface area (Å²) in [5, 5.41) is 0. The molecular weight excluding hydrogens is 256 g/mol. The van der Waals surface area contributed by atoms with Crippen LogP contribution in [0.4, 0.5) is 0 Å². The summed E-state index contributed by atoms with van der Waals surface area (Å²) in [5.74, 6) is 2.74. The van der Waals surface area contributed by atoms with Crippen LogP contribution in [-0.4, -0.2) is 8.07 Å². The monoisotopic (exact) mass is 288 g/mol. The van der Waals surface area contributed by atoms with Crippen LogP contribution in [-0.2, 0) is 0 Å². The van der Waals surface area contributed by atoms with Crippen molar-refractivity contribution in [1.29, 1.82) is 0 Å². The summed E-state index contributed by atoms with van der Waals surface area (Å²) in [7, 11) is -1.10. The molecule has 0 aromatic carbocycles. The average Bonchev–Trinajstić information content (AvgIpc) is 3.08. The molecule has 0 spiro atoms. The Morgan fingerprint density at radius 3 is 2.30 bits per heavy atom. The Balaban J connectivity index is 1.81. The first-order valence-electron chi connectivity index (χ1n) is 8.99. The minimum atomic E-state index is -1.10. The molecule has 0 nitrogen and oxygen atoms in total. The molecule has 0 heterocycles. The fraction of sp³-hybridized carbons (Fsp3) is 0.789. The molecular formula is C19H32Si. The van der Waals surface area contributed by atoms with Gasteiger partial charge in [0, 0.05) is 0 Å². The number of fused-ring (bicyclic) bond motifs is 1. The molecule has 2 saturated carbocycles. The maximum atomic E-state index is 2.73. The zero-order valence-electron chi connectivity index (χ0n) is 13.6. The van der Waals surface area contributed by atoms with Crippen molar-refractivity contribution in [3.05, 3.63) is 24.3 Å². The van der Waals surface area contributed by atoms with Crippen LogP contribution in [0, 0.1) is 17.8 Å². The van der Waals surface area contributed by atoms with Gasteiger partial charge >= 0.3 is 0 Å². The Labute approximate surface area is 126 Å². The van der Waals surface area contributed by atoms with Gasteiger partial charge in [-0.25, -0.2) is 0 Å². The van der Waals surface area contributed by atoms with Gasteiger partial charge in [-0.3, -0.25) is 0 Å². The van der Waals surface area contributed by atoms with E-state index in [1.165, 1.54) is 32.1 Å². The Morgan fingerprint density at radius 2 is 1.65 bits per heavy atom. The number of hydrogen-bond donors (Lipinski definition) is 0. The van der Waals surface area contributed by atoms with Gasteiger partial charge in [0.15, 0.2) is 0 Å². The topological polar surface area (TPSA) is 0 Å². The third-order valence-corrected chi connectivity index (χ3v) is 12.0. The third kappa shape index (κ3) is 2.47. The Hall–Kier alpha value is -0.303. The molecule has 4 unspecified atom stereocenters. The predicted molar refractivity (Wildman–Crippen MR) is 91.7 cm³/mol. The molecule has 0 saturated heterocycles. The summed E-state index contributed by atoms with van der Waals surface area (Å²) in [4.78, 5) is 0. The van der Waals surface area contributed by atoms with Crippen molar-refractivity contribution in [2.45, 2.75) is 76.0 Å². The average molecular weight is 289 g/mol. The van der Waals surface area contributed by atoms with E-state index in [1.54, 1.807) is 12.8 Å². The van der Waals surface area contributed by atoms with Crippen LogP contribution in [0.2, 0.25) is 24.2 Å². The molecule has 3 rings (SSSR count). The lowest BCUT2D eigenvalue weighted by Gasteiger charge is -2.39. The van der Waals surface area contributed by atoms with Gasteiger partial charge in [-0.15, -0.1) is 0 Å². The summed E-state index contributed by atoms with van der Waals surface area (Å²) in [6, 6.07) is 0. The van der Waals surface area contributed by atoms with E-state index >= 15 is 0 Å². The first-order chi connectivity index (χ1) is 9.64. The molecule has 2 fully saturated rings. The van der Waals surface area contributed by atoms with Gasteiger partial charge in [0.25, 0.3) is 0 Å². The lowest BCUT2D eigenvalue weighted by atomic mass is 9.84. The third-order valence-electron chi connectivity index (χ3n) is 6.81. The van der Waals surface area contributed by atoms with Crippen molar-refractivity contribution in [2.75, 3.05) is 0 Å². The maximum Gasteiger partial charge on any atom is 0.0542 e. The number of hydrogen-bond acceptors (Lipinski definition) is 0. The second kappa shape index (κ2) is 5.83. The minimum absolute atomic E-state index is 0.873. The van der Waals surface area contributed by atoms with Crippen LogP contribution in [0.5, 0.6) is 0 Å². The van der Waals surface area contributed by atoms with E-state index in [-0.39, 0.29) is 0 Å². The van der Waals surface area contributed by atoms with Gasteiger partial charge in [-0.2, -0.15) is 0 Å². The summed E-state index contributed by atoms with van der Waals surface area (Å²) in [6.45, 7) is 7.82. The molecule has 0 aromatic heterocycles. The summed E-state index contributed by atoms with van der Waals surface area (Å²) >= 11 is 0. The van der Waals surface area contributed by atoms with Crippen molar-refractivity contribution < 1.29 is 0 Å². The van der Waals surface area contributed by atoms with Gasteiger partial charge in [0.2, 0.25) is 0 Å². The molecule has 0 bridgehead atoms. The second-order valence-corrected chi connectivity index (χ2v) is 13.3. The Kier molecular flexibility index (Phi) is 4.26. The van der Waals surface area contributed by atoms with Crippen LogP contribution in [0.15, 0.2) is 24.3 Å². The van der Waals surface area contributed by atoms with Crippen molar-refractivity contribution in [2.24, 2.45) is 17.8 Å². The Bertz CT molecular complexity index is 387. The first kappa shape index (κ1) is 14.6. The lowest BCUT2D eigenvalue weighted by molar-refractivity contribution is 0.390. The fourth-order valence-electron chi connectivity index (χ4n) is 5.61. The summed E-state index contributed by atoms with van der Waals surface area (Å²) in [6.07, 6.45) is 20.2. The van der Waals surface area contributed by atoms with E-state index < -0.39 is 8.07 Å². The number of allylic oxidation sites excluding steroid dienone is 4. The zero-order chi connectivity index (χ0) is 14.2. The van der Waals surface area contributed by atoms with Crippen LogP contribution >= 0.6 is 0 Å². The van der Waals surface area contributed by atoms with Crippen molar-refractivity contribution >= 4 is 8.07 Å². The highest BCUT2D eigenvalue weighted by Crippen LogP contribution is 2.58. The van der Waals surface area contributed by atoms with Crippen LogP contribution in [0.25, 0.3) is 0 Å². The number of rotatable bonds is 4. The molecule has 0 aromatic rings. The molecule has 112 valence electrons. The van der Waals surface area contributed by atoms with E-state index in [4.69, 9.17) is 0 Å². The van der Waals surface area contributed by atoms with Crippen LogP contribution in [0.1, 0.15) is 51.9 Å². The van der Waals surface area contributed by atoms with Crippen LogP contribution < -0.4 is 0 Å². The summed E-state index contributed by atoms with van der Waals surface area (Å²) in [5.41, 5.74) is 2.17. The van der Waals surface area contributed by atoms with Gasteiger partial charge in [-0.1, -0.05) is 82.8 Å². The van der Waals surface area contributed by atoms with Crippen molar-refractivity contribution in [1.82, 2.24) is 0 Å². The molecule has 1 heteroatoms. The van der Waals surface area contributed by atoms with E-state index in [0.717, 1.165) is 28.8 Å². The normalized spacial score (nSPS) is 37.5. The standard InChI is InChI=1S/C19H32Si/c1-4-9-15-14-19(18-13-8-7-12-17(15)18)20(2,3)16-10-5-6-11-16/h7-8,12-13,15-19H,4-6,9-11,14H2,1-3H3. The predicted octanol–water partition coefficient (Wildman–Crippen LogP) is 6.19. The highest BCUT2D eigenvalue weighted by molar-refractivity contribution is 6.80. The largest absolute Gasteiger partial charge is 0.0808 e. The molecule has 3 aliphatic carbocycles. The molecule has 0 N–H and O–H groups in total. The van der Waals surface area contributed by atoms with Gasteiger partial charge in [0.05, 0.1) is 8.07 Å². The molecule has 4 atom stereocenters. The smallest absolute Gasteiger partial charge is 0.0542 e. The quantitative estimate of drug-likeness (QED) is 0.541. The molecule has 0 aliphatic heterocycles. The van der Waals surface area contributed by atoms with E-state index in [9.17, 15) is 0 Å². The van der Waals surface area contributed by atoms with Gasteiger partial charge < -0.3 is 0 Å². The molecule has 20 heavy (non-hydrogen) atoms. The lowest BCUT2D eigenvalue weighted by Crippen LogP contribution is -2.39. The second-order valence-electron chi connectivity index (χ2n) is 8.12. The van der Waals surface area contributed by atoms with Crippen LogP contribution in [0.3, 0.4) is 0 Å². The molecule has 3 aliphatic rings. The highest BCUT2D eigenvalue weighted by Gasteiger charge is 2.50. The minimum Gasteiger partial charge on any atom is -0.0808 e. The molecule has 0 amide bonds. The first-order valence-corrected chi connectivity index (χ1v) is 12.1. The van der Waals surface area contributed by atoms with E-state index in [0.29, 0.717) is 0 Å². The highest BCUT2D eigenvalue weighted by atomic mass is 28.3. The SMILES string of the molecule is CCCC1CC([Si](C)(C)C2CCCC2)C2C=CC=CC12.